The van der Waals surface area contributed by atoms with E-state index in [1.165, 1.54) is 12.8 Å². The Labute approximate surface area is 101 Å². The minimum absolute atomic E-state index is 0.216. The molecule has 0 radical (unpaired) electrons. The highest BCUT2D eigenvalue weighted by molar-refractivity contribution is 6.29. The lowest BCUT2D eigenvalue weighted by Crippen LogP contribution is -2.31. The molecule has 0 N–H and O–H groups in total. The van der Waals surface area contributed by atoms with Gasteiger partial charge in [-0.25, -0.2) is 0 Å². The van der Waals surface area contributed by atoms with Crippen LogP contribution >= 0.6 is 0 Å². The van der Waals surface area contributed by atoms with E-state index in [1.54, 1.807) is 6.42 Å². The number of fused-ring (bicyclic) bond motifs is 9. The lowest BCUT2D eigenvalue weighted by atomic mass is 9.73. The van der Waals surface area contributed by atoms with Gasteiger partial charge in [0.05, 0.1) is 0 Å². The fourth-order valence-corrected chi connectivity index (χ4v) is 7.47. The zero-order chi connectivity index (χ0) is 10.7. The standard InChI is InChI=1S/C14H22OSi/c1-2-15-16-12-7-10-6-11(12)14-9-4-3-8(5-9)13(10)14/h3-4,8-14H,2,5-7,16H2,1H3. The fraction of sp³-hybridized carbons (Fsp3) is 0.857. The van der Waals surface area contributed by atoms with Gasteiger partial charge < -0.3 is 4.43 Å². The summed E-state index contributed by atoms with van der Waals surface area (Å²) in [7, 11) is -0.216. The highest BCUT2D eigenvalue weighted by Gasteiger charge is 2.60. The molecule has 4 aliphatic carbocycles. The summed E-state index contributed by atoms with van der Waals surface area (Å²) in [5.41, 5.74) is 1.04. The third-order valence-electron chi connectivity index (χ3n) is 5.94. The van der Waals surface area contributed by atoms with Gasteiger partial charge in [0.1, 0.15) is 0 Å². The lowest BCUT2D eigenvalue weighted by Gasteiger charge is -2.36. The van der Waals surface area contributed by atoms with Gasteiger partial charge in [0.2, 0.25) is 0 Å². The maximum absolute atomic E-state index is 5.82. The minimum atomic E-state index is -0.216. The Morgan fingerprint density at radius 2 is 1.94 bits per heavy atom. The molecule has 0 aromatic rings. The molecular formula is C14H22OSi. The van der Waals surface area contributed by atoms with Gasteiger partial charge in [0.15, 0.2) is 9.76 Å². The Kier molecular flexibility index (Phi) is 2.14. The van der Waals surface area contributed by atoms with Crippen LogP contribution in [0.1, 0.15) is 26.2 Å². The zero-order valence-electron chi connectivity index (χ0n) is 10.1. The van der Waals surface area contributed by atoms with Crippen molar-refractivity contribution in [2.75, 3.05) is 6.61 Å². The maximum atomic E-state index is 5.82. The quantitative estimate of drug-likeness (QED) is 0.414. The number of allylic oxidation sites excluding steroid dienone is 2. The van der Waals surface area contributed by atoms with Crippen LogP contribution in [0.15, 0.2) is 12.2 Å². The highest BCUT2D eigenvalue weighted by atomic mass is 28.2. The topological polar surface area (TPSA) is 9.23 Å². The molecular weight excluding hydrogens is 212 g/mol. The third-order valence-corrected chi connectivity index (χ3v) is 7.95. The maximum Gasteiger partial charge on any atom is 0.164 e. The molecule has 0 aromatic carbocycles. The van der Waals surface area contributed by atoms with Crippen molar-refractivity contribution in [3.63, 3.8) is 0 Å². The first-order valence-corrected chi connectivity index (χ1v) is 8.54. The van der Waals surface area contributed by atoms with Crippen LogP contribution in [-0.4, -0.2) is 16.4 Å². The van der Waals surface area contributed by atoms with E-state index < -0.39 is 0 Å². The van der Waals surface area contributed by atoms with Gasteiger partial charge in [-0.3, -0.25) is 0 Å². The molecule has 7 atom stereocenters. The van der Waals surface area contributed by atoms with Gasteiger partial charge in [-0.05, 0) is 67.2 Å². The molecule has 3 saturated carbocycles. The van der Waals surface area contributed by atoms with E-state index in [1.807, 2.05) is 0 Å². The summed E-state index contributed by atoms with van der Waals surface area (Å²) in [6.07, 6.45) is 9.70. The van der Waals surface area contributed by atoms with Crippen molar-refractivity contribution in [1.29, 1.82) is 0 Å². The molecule has 2 heteroatoms. The highest BCUT2D eigenvalue weighted by Crippen LogP contribution is 2.68. The van der Waals surface area contributed by atoms with E-state index in [4.69, 9.17) is 4.43 Å². The van der Waals surface area contributed by atoms with Crippen LogP contribution in [0.4, 0.5) is 0 Å². The van der Waals surface area contributed by atoms with Crippen molar-refractivity contribution in [3.05, 3.63) is 12.2 Å². The first-order chi connectivity index (χ1) is 7.88. The molecule has 3 fully saturated rings. The van der Waals surface area contributed by atoms with Crippen molar-refractivity contribution < 1.29 is 4.43 Å². The van der Waals surface area contributed by atoms with Crippen LogP contribution < -0.4 is 0 Å². The molecule has 88 valence electrons. The normalized spacial score (nSPS) is 56.9. The monoisotopic (exact) mass is 234 g/mol. The van der Waals surface area contributed by atoms with Crippen molar-refractivity contribution in [2.45, 2.75) is 31.7 Å². The Morgan fingerprint density at radius 1 is 1.12 bits per heavy atom. The van der Waals surface area contributed by atoms with Crippen molar-refractivity contribution in [3.8, 4) is 0 Å². The summed E-state index contributed by atoms with van der Waals surface area (Å²) >= 11 is 0. The predicted molar refractivity (Wildman–Crippen MR) is 67.9 cm³/mol. The largest absolute Gasteiger partial charge is 0.424 e. The average molecular weight is 234 g/mol. The Hall–Kier alpha value is -0.0831. The summed E-state index contributed by atoms with van der Waals surface area (Å²) in [4.78, 5) is 0. The van der Waals surface area contributed by atoms with E-state index >= 15 is 0 Å². The molecule has 7 unspecified atom stereocenters. The van der Waals surface area contributed by atoms with E-state index in [-0.39, 0.29) is 9.76 Å². The van der Waals surface area contributed by atoms with Crippen LogP contribution in [0.25, 0.3) is 0 Å². The Morgan fingerprint density at radius 3 is 2.75 bits per heavy atom. The summed E-state index contributed by atoms with van der Waals surface area (Å²) in [5.74, 6) is 6.32. The second-order valence-electron chi connectivity index (χ2n) is 6.42. The van der Waals surface area contributed by atoms with E-state index in [0.717, 1.165) is 47.7 Å². The molecule has 0 aliphatic heterocycles. The van der Waals surface area contributed by atoms with E-state index in [2.05, 4.69) is 19.1 Å². The Balaban J connectivity index is 1.54. The summed E-state index contributed by atoms with van der Waals surface area (Å²) in [6.45, 7) is 3.11. The molecule has 0 aromatic heterocycles. The first-order valence-electron chi connectivity index (χ1n) is 7.14. The SMILES string of the molecule is CCO[SiH2]C1CC2CC1C1C3C=CC(C3)C21. The second-order valence-corrected chi connectivity index (χ2v) is 8.21. The van der Waals surface area contributed by atoms with Gasteiger partial charge in [-0.1, -0.05) is 12.2 Å². The van der Waals surface area contributed by atoms with Gasteiger partial charge in [-0.2, -0.15) is 0 Å². The van der Waals surface area contributed by atoms with E-state index in [9.17, 15) is 0 Å². The van der Waals surface area contributed by atoms with Crippen LogP contribution in [0.5, 0.6) is 0 Å². The summed E-state index contributed by atoms with van der Waals surface area (Å²) in [6, 6.07) is 0. The molecule has 0 spiro atoms. The zero-order valence-corrected chi connectivity index (χ0v) is 11.6. The van der Waals surface area contributed by atoms with Crippen LogP contribution in [0.3, 0.4) is 0 Å². The first kappa shape index (κ1) is 9.90. The smallest absolute Gasteiger partial charge is 0.164 e. The number of rotatable bonds is 3. The van der Waals surface area contributed by atoms with Crippen molar-refractivity contribution >= 4 is 9.76 Å². The molecule has 0 saturated heterocycles. The molecule has 1 nitrogen and oxygen atoms in total. The van der Waals surface area contributed by atoms with Crippen LogP contribution in [0.2, 0.25) is 5.54 Å². The molecule has 4 rings (SSSR count). The molecule has 0 heterocycles. The van der Waals surface area contributed by atoms with Gasteiger partial charge >= 0.3 is 0 Å². The van der Waals surface area contributed by atoms with E-state index in [0.29, 0.717) is 0 Å². The minimum Gasteiger partial charge on any atom is -0.424 e. The molecule has 4 bridgehead atoms. The van der Waals surface area contributed by atoms with Crippen molar-refractivity contribution in [1.82, 2.24) is 0 Å². The van der Waals surface area contributed by atoms with Gasteiger partial charge in [0, 0.05) is 6.61 Å². The average Bonchev–Trinajstić information content (AvgIpc) is 3.02. The number of hydrogen-bond donors (Lipinski definition) is 0. The Bertz CT molecular complexity index is 327. The molecule has 4 aliphatic rings. The van der Waals surface area contributed by atoms with Gasteiger partial charge in [-0.15, -0.1) is 0 Å². The van der Waals surface area contributed by atoms with Crippen molar-refractivity contribution in [2.24, 2.45) is 35.5 Å². The second kappa shape index (κ2) is 3.46. The molecule has 0 amide bonds. The fourth-order valence-electron chi connectivity index (χ4n) is 5.61. The van der Waals surface area contributed by atoms with Gasteiger partial charge in [0.25, 0.3) is 0 Å². The predicted octanol–water partition coefficient (Wildman–Crippen LogP) is 2.37. The molecule has 16 heavy (non-hydrogen) atoms. The van der Waals surface area contributed by atoms with Crippen LogP contribution in [-0.2, 0) is 4.43 Å². The summed E-state index contributed by atoms with van der Waals surface area (Å²) < 4.78 is 5.82. The lowest BCUT2D eigenvalue weighted by molar-refractivity contribution is 0.197. The van der Waals surface area contributed by atoms with Crippen LogP contribution in [0, 0.1) is 35.5 Å². The number of hydrogen-bond acceptors (Lipinski definition) is 1. The summed E-state index contributed by atoms with van der Waals surface area (Å²) in [5, 5.41) is 0. The third kappa shape index (κ3) is 1.15.